The fourth-order valence-electron chi connectivity index (χ4n) is 5.02. The van der Waals surface area contributed by atoms with Gasteiger partial charge in [-0.05, 0) is 68.0 Å². The van der Waals surface area contributed by atoms with Gasteiger partial charge in [-0.3, -0.25) is 10.2 Å². The first-order chi connectivity index (χ1) is 17.0. The molecule has 0 unspecified atom stereocenters. The number of amides is 1. The summed E-state index contributed by atoms with van der Waals surface area (Å²) >= 11 is 12.8. The molecule has 1 saturated heterocycles. The lowest BCUT2D eigenvalue weighted by molar-refractivity contribution is 0.0720. The van der Waals surface area contributed by atoms with Crippen LogP contribution in [0.5, 0.6) is 5.75 Å². The molecule has 1 N–H and O–H groups in total. The second-order valence-corrected chi connectivity index (χ2v) is 12.0. The number of halogens is 2. The van der Waals surface area contributed by atoms with Crippen molar-refractivity contribution in [3.8, 4) is 22.7 Å². The molecule has 2 aliphatic rings. The fraction of sp³-hybridized carbons (Fsp3) is 0.429. The third-order valence-corrected chi connectivity index (χ3v) is 7.46. The van der Waals surface area contributed by atoms with E-state index < -0.39 is 5.60 Å². The van der Waals surface area contributed by atoms with Gasteiger partial charge in [0.1, 0.15) is 11.4 Å². The summed E-state index contributed by atoms with van der Waals surface area (Å²) in [6, 6.07) is 11.5. The van der Waals surface area contributed by atoms with Gasteiger partial charge in [-0.15, -0.1) is 0 Å². The number of rotatable bonds is 3. The van der Waals surface area contributed by atoms with Gasteiger partial charge in [-0.2, -0.15) is 5.10 Å². The Morgan fingerprint density at radius 1 is 1.06 bits per heavy atom. The Kier molecular flexibility index (Phi) is 6.34. The van der Waals surface area contributed by atoms with Gasteiger partial charge in [-0.25, -0.2) is 9.69 Å². The van der Waals surface area contributed by atoms with Crippen LogP contribution in [0.25, 0.3) is 16.9 Å². The van der Waals surface area contributed by atoms with Crippen LogP contribution in [-0.2, 0) is 11.0 Å². The third kappa shape index (κ3) is 4.51. The van der Waals surface area contributed by atoms with Crippen LogP contribution in [0.4, 0.5) is 0 Å². The molecule has 0 atom stereocenters. The van der Waals surface area contributed by atoms with E-state index >= 15 is 0 Å². The zero-order valence-corrected chi connectivity index (χ0v) is 22.9. The van der Waals surface area contributed by atoms with Crippen molar-refractivity contribution in [2.45, 2.75) is 64.9 Å². The van der Waals surface area contributed by atoms with Crippen LogP contribution in [0.3, 0.4) is 0 Å². The molecule has 0 aliphatic carbocycles. The highest BCUT2D eigenvalue weighted by Crippen LogP contribution is 2.49. The normalized spacial score (nSPS) is 17.2. The average Bonchev–Trinajstić information content (AvgIpc) is 3.20. The average molecular weight is 527 g/mol. The molecule has 0 bridgehead atoms. The summed E-state index contributed by atoms with van der Waals surface area (Å²) in [5.74, 6) is 0.512. The smallest absolute Gasteiger partial charge is 0.286 e. The number of nitrogens with one attached hydrogen (secondary N) is 1. The van der Waals surface area contributed by atoms with Gasteiger partial charge in [0.2, 0.25) is 0 Å². The lowest BCUT2D eigenvalue weighted by Gasteiger charge is -2.35. The number of carbonyl (C=O) groups excluding carboxylic acids is 1. The molecule has 8 heteroatoms. The van der Waals surface area contributed by atoms with Crippen molar-refractivity contribution in [2.24, 2.45) is 0 Å². The lowest BCUT2D eigenvalue weighted by atomic mass is 9.83. The Labute approximate surface area is 222 Å². The van der Waals surface area contributed by atoms with Crippen molar-refractivity contribution in [1.82, 2.24) is 20.2 Å². The molecular weight excluding hydrogens is 495 g/mol. The number of fused-ring (bicyclic) bond motifs is 3. The van der Waals surface area contributed by atoms with Crippen molar-refractivity contribution in [1.29, 1.82) is 0 Å². The molecule has 0 saturated carbocycles. The summed E-state index contributed by atoms with van der Waals surface area (Å²) in [6.07, 6.45) is 3.30. The number of hydrazine groups is 1. The van der Waals surface area contributed by atoms with E-state index in [2.05, 4.69) is 44.4 Å². The van der Waals surface area contributed by atoms with E-state index in [1.54, 1.807) is 16.8 Å². The number of aromatic nitrogens is 2. The van der Waals surface area contributed by atoms with Gasteiger partial charge < -0.3 is 4.74 Å². The highest BCUT2D eigenvalue weighted by Gasteiger charge is 2.42. The predicted molar refractivity (Wildman–Crippen MR) is 144 cm³/mol. The number of carbonyl (C=O) groups is 1. The first-order valence-corrected chi connectivity index (χ1v) is 13.2. The summed E-state index contributed by atoms with van der Waals surface area (Å²) in [5, 5.41) is 7.82. The molecule has 1 amide bonds. The molecule has 0 radical (unpaired) electrons. The van der Waals surface area contributed by atoms with Gasteiger partial charge in [0, 0.05) is 23.7 Å². The number of piperidine rings is 1. The molecule has 3 aromatic rings. The van der Waals surface area contributed by atoms with Crippen molar-refractivity contribution >= 4 is 29.1 Å². The minimum absolute atomic E-state index is 0.0397. The molecule has 2 aliphatic heterocycles. The number of hydrogen-bond acceptors (Lipinski definition) is 4. The van der Waals surface area contributed by atoms with E-state index in [4.69, 9.17) is 33.0 Å². The highest BCUT2D eigenvalue weighted by atomic mass is 35.5. The van der Waals surface area contributed by atoms with E-state index in [9.17, 15) is 4.79 Å². The van der Waals surface area contributed by atoms with Crippen LogP contribution >= 0.6 is 23.2 Å². The minimum atomic E-state index is -0.801. The first-order valence-electron chi connectivity index (χ1n) is 12.4. The summed E-state index contributed by atoms with van der Waals surface area (Å²) in [4.78, 5) is 13.6. The van der Waals surface area contributed by atoms with Gasteiger partial charge in [-0.1, -0.05) is 56.5 Å². The Morgan fingerprint density at radius 3 is 2.44 bits per heavy atom. The van der Waals surface area contributed by atoms with E-state index in [1.165, 1.54) is 12.0 Å². The van der Waals surface area contributed by atoms with Crippen molar-refractivity contribution in [2.75, 3.05) is 13.1 Å². The molecule has 1 fully saturated rings. The number of nitrogens with zero attached hydrogens (tertiary/aromatic N) is 3. The SMILES string of the molecule is CC(C)(C)c1ccc2c(c1)OC(C)(C)c1c(C(=O)NN3CCCCC3)nn(-c3ccc(Cl)cc3Cl)c1-2. The third-order valence-electron chi connectivity index (χ3n) is 6.92. The van der Waals surface area contributed by atoms with E-state index in [0.29, 0.717) is 21.4 Å². The topological polar surface area (TPSA) is 59.4 Å². The quantitative estimate of drug-likeness (QED) is 0.403. The largest absolute Gasteiger partial charge is 0.482 e. The predicted octanol–water partition coefficient (Wildman–Crippen LogP) is 6.90. The molecule has 3 heterocycles. The second kappa shape index (κ2) is 9.09. The van der Waals surface area contributed by atoms with E-state index in [0.717, 1.165) is 48.5 Å². The van der Waals surface area contributed by atoms with Gasteiger partial charge in [0.05, 0.1) is 22.0 Å². The first kappa shape index (κ1) is 25.1. The molecule has 6 nitrogen and oxygen atoms in total. The minimum Gasteiger partial charge on any atom is -0.482 e. The maximum Gasteiger partial charge on any atom is 0.286 e. The van der Waals surface area contributed by atoms with Crippen LogP contribution in [0.1, 0.15) is 75.5 Å². The molecule has 190 valence electrons. The Bertz CT molecular complexity index is 1330. The zero-order valence-electron chi connectivity index (χ0n) is 21.4. The number of benzene rings is 2. The molecule has 36 heavy (non-hydrogen) atoms. The Balaban J connectivity index is 1.72. The standard InChI is InChI=1S/C28H32Cl2N4O2/c1-27(2,3)17-9-11-19-22(15-17)36-28(4,5)23-24(26(35)32-33-13-7-6-8-14-33)31-34(25(19)23)21-12-10-18(29)16-20(21)30/h9-12,15-16H,6-8,13-14H2,1-5H3,(H,32,35). The Morgan fingerprint density at radius 2 is 1.78 bits per heavy atom. The van der Waals surface area contributed by atoms with Crippen molar-refractivity contribution in [3.63, 3.8) is 0 Å². The molecule has 2 aromatic carbocycles. The van der Waals surface area contributed by atoms with Crippen LogP contribution in [-0.4, -0.2) is 33.8 Å². The van der Waals surface area contributed by atoms with Gasteiger partial charge >= 0.3 is 0 Å². The fourth-order valence-corrected chi connectivity index (χ4v) is 5.51. The maximum atomic E-state index is 13.6. The summed E-state index contributed by atoms with van der Waals surface area (Å²) < 4.78 is 8.32. The summed E-state index contributed by atoms with van der Waals surface area (Å²) in [5.41, 5.74) is 6.78. The second-order valence-electron chi connectivity index (χ2n) is 11.1. The molecular formula is C28H32Cl2N4O2. The number of ether oxygens (including phenoxy) is 1. The van der Waals surface area contributed by atoms with E-state index in [-0.39, 0.29) is 11.3 Å². The Hall–Kier alpha value is -2.54. The van der Waals surface area contributed by atoms with Gasteiger partial charge in [0.15, 0.2) is 5.69 Å². The maximum absolute atomic E-state index is 13.6. The zero-order chi connectivity index (χ0) is 25.8. The molecule has 5 rings (SSSR count). The van der Waals surface area contributed by atoms with Crippen molar-refractivity contribution < 1.29 is 9.53 Å². The van der Waals surface area contributed by atoms with Crippen molar-refractivity contribution in [3.05, 3.63) is 63.3 Å². The van der Waals surface area contributed by atoms with E-state index in [1.807, 2.05) is 24.9 Å². The highest BCUT2D eigenvalue weighted by molar-refractivity contribution is 6.35. The van der Waals surface area contributed by atoms with Crippen LogP contribution < -0.4 is 10.2 Å². The number of hydrogen-bond donors (Lipinski definition) is 1. The van der Waals surface area contributed by atoms with Crippen LogP contribution in [0.2, 0.25) is 10.0 Å². The monoisotopic (exact) mass is 526 g/mol. The summed E-state index contributed by atoms with van der Waals surface area (Å²) in [6.45, 7) is 12.1. The van der Waals surface area contributed by atoms with Gasteiger partial charge in [0.25, 0.3) is 5.91 Å². The molecule has 1 aromatic heterocycles. The van der Waals surface area contributed by atoms with Crippen LogP contribution in [0.15, 0.2) is 36.4 Å². The summed E-state index contributed by atoms with van der Waals surface area (Å²) in [7, 11) is 0. The van der Waals surface area contributed by atoms with Crippen LogP contribution in [0, 0.1) is 0 Å². The lowest BCUT2D eigenvalue weighted by Crippen LogP contribution is -2.46. The molecule has 0 spiro atoms.